The Morgan fingerprint density at radius 3 is 1.80 bits per heavy atom. The van der Waals surface area contributed by atoms with Crippen molar-refractivity contribution in [3.63, 3.8) is 0 Å². The SMILES string of the molecule is C1=Cc2ccccc2C(N2c3ccccc3-c3c(n(-c4cc(-c5ccccc5)cc(-c5ccccc5)c4)c4ccccc34)-c3ccccc32)N1. The molecular formula is C47H33N3. The van der Waals surface area contributed by atoms with Gasteiger partial charge in [-0.25, -0.2) is 0 Å². The number of nitrogens with zero attached hydrogens (tertiary/aromatic N) is 2. The number of benzene rings is 7. The van der Waals surface area contributed by atoms with Crippen LogP contribution in [0.4, 0.5) is 11.4 Å². The molecule has 0 bridgehead atoms. The Labute approximate surface area is 292 Å². The van der Waals surface area contributed by atoms with E-state index >= 15 is 0 Å². The lowest BCUT2D eigenvalue weighted by atomic mass is 9.97. The molecule has 0 saturated carbocycles. The van der Waals surface area contributed by atoms with Crippen LogP contribution in [0.5, 0.6) is 0 Å². The zero-order valence-electron chi connectivity index (χ0n) is 27.4. The van der Waals surface area contributed by atoms with Crippen molar-refractivity contribution in [1.82, 2.24) is 9.88 Å². The molecule has 1 N–H and O–H groups in total. The van der Waals surface area contributed by atoms with Crippen molar-refractivity contribution in [1.29, 1.82) is 0 Å². The van der Waals surface area contributed by atoms with Crippen LogP contribution in [0.25, 0.3) is 67.3 Å². The number of hydrogen-bond acceptors (Lipinski definition) is 2. The van der Waals surface area contributed by atoms with Crippen molar-refractivity contribution in [2.45, 2.75) is 6.17 Å². The summed E-state index contributed by atoms with van der Waals surface area (Å²) in [5, 5.41) is 4.98. The number of para-hydroxylation sites is 3. The van der Waals surface area contributed by atoms with Gasteiger partial charge in [0.1, 0.15) is 6.17 Å². The number of aromatic nitrogens is 1. The molecule has 0 aliphatic carbocycles. The summed E-state index contributed by atoms with van der Waals surface area (Å²) in [6.07, 6.45) is 4.17. The standard InChI is InChI=1S/C47H33N3/c1-3-15-32(16-4-1)35-29-36(33-17-5-2-6-18-33)31-37(30-35)49-42-24-12-9-21-39(42)45-40-22-10-13-25-43(40)50(44-26-14-11-23-41(44)46(45)49)47-38-20-8-7-19-34(38)27-28-48-47/h1-31,47-48H. The molecule has 50 heavy (non-hydrogen) atoms. The molecule has 2 aliphatic heterocycles. The summed E-state index contributed by atoms with van der Waals surface area (Å²) in [6.45, 7) is 0. The molecule has 1 atom stereocenters. The smallest absolute Gasteiger partial charge is 0.130 e. The fourth-order valence-corrected chi connectivity index (χ4v) is 8.00. The fraction of sp³-hybridized carbons (Fsp3) is 0.0213. The molecule has 0 spiro atoms. The van der Waals surface area contributed by atoms with Crippen LogP contribution in [-0.4, -0.2) is 4.57 Å². The lowest BCUT2D eigenvalue weighted by Gasteiger charge is -2.37. The highest BCUT2D eigenvalue weighted by molar-refractivity contribution is 6.12. The molecule has 0 radical (unpaired) electrons. The van der Waals surface area contributed by atoms with Crippen molar-refractivity contribution in [3.8, 4) is 50.3 Å². The second-order valence-electron chi connectivity index (χ2n) is 13.0. The van der Waals surface area contributed by atoms with E-state index in [0.29, 0.717) is 0 Å². The van der Waals surface area contributed by atoms with Gasteiger partial charge in [0.05, 0.1) is 22.6 Å². The Morgan fingerprint density at radius 2 is 1.06 bits per heavy atom. The summed E-state index contributed by atoms with van der Waals surface area (Å²) in [7, 11) is 0. The molecule has 2 aliphatic rings. The summed E-state index contributed by atoms with van der Waals surface area (Å²) in [5.41, 5.74) is 16.7. The minimum absolute atomic E-state index is 0.0895. The third-order valence-corrected chi connectivity index (χ3v) is 10.2. The molecule has 8 aromatic rings. The van der Waals surface area contributed by atoms with Gasteiger partial charge in [0, 0.05) is 33.3 Å². The first-order valence-corrected chi connectivity index (χ1v) is 17.2. The van der Waals surface area contributed by atoms with E-state index in [-0.39, 0.29) is 6.17 Å². The predicted molar refractivity (Wildman–Crippen MR) is 209 cm³/mol. The van der Waals surface area contributed by atoms with Gasteiger partial charge in [-0.2, -0.15) is 0 Å². The van der Waals surface area contributed by atoms with Gasteiger partial charge in [-0.15, -0.1) is 0 Å². The first-order chi connectivity index (χ1) is 24.8. The van der Waals surface area contributed by atoms with Crippen molar-refractivity contribution < 1.29 is 0 Å². The molecule has 3 heterocycles. The molecule has 7 aromatic carbocycles. The van der Waals surface area contributed by atoms with Crippen molar-refractivity contribution in [2.75, 3.05) is 4.90 Å². The average Bonchev–Trinajstić information content (AvgIpc) is 3.48. The van der Waals surface area contributed by atoms with Crippen LogP contribution in [0.1, 0.15) is 17.3 Å². The number of fused-ring (bicyclic) bond motifs is 8. The number of nitrogens with one attached hydrogen (secondary N) is 1. The molecular weight excluding hydrogens is 607 g/mol. The molecule has 3 nitrogen and oxygen atoms in total. The molecule has 10 rings (SSSR count). The van der Waals surface area contributed by atoms with E-state index in [4.69, 9.17) is 0 Å². The van der Waals surface area contributed by atoms with Gasteiger partial charge < -0.3 is 14.8 Å². The van der Waals surface area contributed by atoms with E-state index in [1.165, 1.54) is 72.4 Å². The minimum atomic E-state index is -0.0895. The highest BCUT2D eigenvalue weighted by Crippen LogP contribution is 2.54. The molecule has 0 saturated heterocycles. The maximum Gasteiger partial charge on any atom is 0.130 e. The zero-order valence-corrected chi connectivity index (χ0v) is 27.4. The second-order valence-corrected chi connectivity index (χ2v) is 13.0. The molecule has 0 amide bonds. The van der Waals surface area contributed by atoms with Crippen LogP contribution in [-0.2, 0) is 0 Å². The predicted octanol–water partition coefficient (Wildman–Crippen LogP) is 12.0. The monoisotopic (exact) mass is 639 g/mol. The van der Waals surface area contributed by atoms with Crippen LogP contribution < -0.4 is 10.2 Å². The largest absolute Gasteiger partial charge is 0.367 e. The Kier molecular flexibility index (Phi) is 6.56. The van der Waals surface area contributed by atoms with Crippen molar-refractivity contribution in [2.24, 2.45) is 0 Å². The molecule has 1 aromatic heterocycles. The topological polar surface area (TPSA) is 20.2 Å². The lowest BCUT2D eigenvalue weighted by molar-refractivity contribution is 0.626. The van der Waals surface area contributed by atoms with Gasteiger partial charge in [-0.3, -0.25) is 0 Å². The van der Waals surface area contributed by atoms with E-state index in [1.807, 2.05) is 0 Å². The minimum Gasteiger partial charge on any atom is -0.367 e. The lowest BCUT2D eigenvalue weighted by Crippen LogP contribution is -2.35. The van der Waals surface area contributed by atoms with Crippen LogP contribution in [0, 0.1) is 0 Å². The normalized spacial score (nSPS) is 14.2. The van der Waals surface area contributed by atoms with Crippen LogP contribution in [0.15, 0.2) is 182 Å². The van der Waals surface area contributed by atoms with Gasteiger partial charge in [0.25, 0.3) is 0 Å². The maximum absolute atomic E-state index is 3.75. The van der Waals surface area contributed by atoms with Crippen molar-refractivity contribution in [3.05, 3.63) is 193 Å². The van der Waals surface area contributed by atoms with E-state index in [9.17, 15) is 0 Å². The highest BCUT2D eigenvalue weighted by atomic mass is 15.3. The fourth-order valence-electron chi connectivity index (χ4n) is 8.00. The Morgan fingerprint density at radius 1 is 0.480 bits per heavy atom. The third kappa shape index (κ3) is 4.44. The summed E-state index contributed by atoms with van der Waals surface area (Å²) >= 11 is 0. The molecule has 3 heteroatoms. The van der Waals surface area contributed by atoms with E-state index in [1.54, 1.807) is 0 Å². The molecule has 236 valence electrons. The second kappa shape index (κ2) is 11.5. The van der Waals surface area contributed by atoms with Gasteiger partial charge >= 0.3 is 0 Å². The van der Waals surface area contributed by atoms with Gasteiger partial charge in [-0.05, 0) is 76.5 Å². The maximum atomic E-state index is 3.75. The van der Waals surface area contributed by atoms with Gasteiger partial charge in [0.15, 0.2) is 0 Å². The van der Waals surface area contributed by atoms with Gasteiger partial charge in [-0.1, -0.05) is 140 Å². The summed E-state index contributed by atoms with van der Waals surface area (Å²) in [6, 6.07) is 63.9. The summed E-state index contributed by atoms with van der Waals surface area (Å²) in [5.74, 6) is 0. The van der Waals surface area contributed by atoms with Crippen LogP contribution in [0.3, 0.4) is 0 Å². The first kappa shape index (κ1) is 28.4. The van der Waals surface area contributed by atoms with Crippen LogP contribution >= 0.6 is 0 Å². The Bertz CT molecular complexity index is 2520. The van der Waals surface area contributed by atoms with Gasteiger partial charge in [0.2, 0.25) is 0 Å². The number of hydrogen-bond donors (Lipinski definition) is 1. The van der Waals surface area contributed by atoms with E-state index < -0.39 is 0 Å². The molecule has 1 unspecified atom stereocenters. The molecule has 0 fully saturated rings. The van der Waals surface area contributed by atoms with E-state index in [2.05, 4.69) is 203 Å². The first-order valence-electron chi connectivity index (χ1n) is 17.2. The Hall–Kier alpha value is -6.58. The Balaban J connectivity index is 1.31. The van der Waals surface area contributed by atoms with Crippen LogP contribution in [0.2, 0.25) is 0 Å². The van der Waals surface area contributed by atoms with Crippen molar-refractivity contribution >= 4 is 28.4 Å². The summed E-state index contributed by atoms with van der Waals surface area (Å²) in [4.78, 5) is 2.50. The summed E-state index contributed by atoms with van der Waals surface area (Å²) < 4.78 is 2.50. The van der Waals surface area contributed by atoms with E-state index in [0.717, 1.165) is 11.4 Å². The third-order valence-electron chi connectivity index (χ3n) is 10.2. The average molecular weight is 640 g/mol. The quantitative estimate of drug-likeness (QED) is 0.207. The zero-order chi connectivity index (χ0) is 33.0. The number of anilines is 2. The number of rotatable bonds is 4. The highest BCUT2D eigenvalue weighted by Gasteiger charge is 2.35.